The van der Waals surface area contributed by atoms with E-state index in [1.54, 1.807) is 4.90 Å². The van der Waals surface area contributed by atoms with Crippen molar-refractivity contribution in [1.82, 2.24) is 4.90 Å². The first kappa shape index (κ1) is 19.9. The highest BCUT2D eigenvalue weighted by Crippen LogP contribution is 2.48. The lowest BCUT2D eigenvalue weighted by molar-refractivity contribution is -0.127. The summed E-state index contributed by atoms with van der Waals surface area (Å²) in [5, 5.41) is 11.3. The molecule has 1 heterocycles. The Morgan fingerprint density at radius 1 is 1.16 bits per heavy atom. The van der Waals surface area contributed by atoms with Crippen LogP contribution < -0.4 is 5.73 Å². The molecule has 1 aliphatic heterocycles. The molecule has 0 spiro atoms. The van der Waals surface area contributed by atoms with E-state index in [4.69, 9.17) is 5.73 Å². The highest BCUT2D eigenvalue weighted by atomic mass is 32.2. The zero-order chi connectivity index (χ0) is 19.2. The number of aromatic hydroxyl groups is 1. The molecule has 5 heteroatoms. The van der Waals surface area contributed by atoms with Crippen molar-refractivity contribution in [3.8, 4) is 5.75 Å². The molecule has 0 bridgehead atoms. The van der Waals surface area contributed by atoms with Crippen molar-refractivity contribution >= 4 is 17.7 Å². The quantitative estimate of drug-likeness (QED) is 0.852. The second-order valence-electron chi connectivity index (χ2n) is 8.63. The van der Waals surface area contributed by atoms with Crippen LogP contribution in [0.1, 0.15) is 63.5 Å². The molecule has 1 aliphatic rings. The molecule has 1 aromatic rings. The van der Waals surface area contributed by atoms with Crippen LogP contribution in [-0.4, -0.2) is 29.0 Å². The van der Waals surface area contributed by atoms with E-state index in [1.807, 2.05) is 12.1 Å². The third-order valence-electron chi connectivity index (χ3n) is 4.45. The van der Waals surface area contributed by atoms with Crippen LogP contribution in [0.5, 0.6) is 5.75 Å². The first-order valence-corrected chi connectivity index (χ1v) is 9.50. The molecular formula is C20H30N2O2S. The van der Waals surface area contributed by atoms with Gasteiger partial charge in [-0.1, -0.05) is 59.9 Å². The van der Waals surface area contributed by atoms with Crippen LogP contribution in [0.2, 0.25) is 0 Å². The lowest BCUT2D eigenvalue weighted by Crippen LogP contribution is -2.30. The summed E-state index contributed by atoms with van der Waals surface area (Å²) >= 11 is 1.46. The van der Waals surface area contributed by atoms with E-state index in [2.05, 4.69) is 48.1 Å². The number of phenols is 1. The lowest BCUT2D eigenvalue weighted by atomic mass is 9.78. The Balaban J connectivity index is 2.59. The third kappa shape index (κ3) is 3.87. The fraction of sp³-hybridized carbons (Fsp3) is 0.550. The number of carbonyl (C=O) groups is 1. The third-order valence-corrected chi connectivity index (χ3v) is 5.65. The highest BCUT2D eigenvalue weighted by molar-refractivity contribution is 8.04. The topological polar surface area (TPSA) is 66.6 Å². The zero-order valence-electron chi connectivity index (χ0n) is 16.1. The van der Waals surface area contributed by atoms with E-state index in [-0.39, 0.29) is 22.0 Å². The molecule has 1 fully saturated rings. The minimum atomic E-state index is -0.332. The van der Waals surface area contributed by atoms with Crippen molar-refractivity contribution in [2.24, 2.45) is 5.73 Å². The first-order chi connectivity index (χ1) is 11.4. The van der Waals surface area contributed by atoms with Gasteiger partial charge in [-0.05, 0) is 39.7 Å². The second kappa shape index (κ2) is 6.69. The summed E-state index contributed by atoms with van der Waals surface area (Å²) in [6.45, 7) is 17.3. The Kier molecular flexibility index (Phi) is 5.31. The second-order valence-corrected chi connectivity index (χ2v) is 9.81. The molecule has 1 amide bonds. The Hall–Kier alpha value is -1.46. The van der Waals surface area contributed by atoms with Crippen molar-refractivity contribution in [3.05, 3.63) is 40.4 Å². The first-order valence-electron chi connectivity index (χ1n) is 8.62. The van der Waals surface area contributed by atoms with Gasteiger partial charge in [-0.15, -0.1) is 0 Å². The summed E-state index contributed by atoms with van der Waals surface area (Å²) in [7, 11) is 0. The van der Waals surface area contributed by atoms with Gasteiger partial charge >= 0.3 is 0 Å². The van der Waals surface area contributed by atoms with Crippen LogP contribution >= 0.6 is 11.8 Å². The molecule has 1 saturated heterocycles. The van der Waals surface area contributed by atoms with Crippen LogP contribution in [0.4, 0.5) is 0 Å². The summed E-state index contributed by atoms with van der Waals surface area (Å²) in [5.41, 5.74) is 7.83. The van der Waals surface area contributed by atoms with Crippen LogP contribution in [0.15, 0.2) is 23.7 Å². The number of phenolic OH excluding ortho intramolecular Hbond substituents is 1. The van der Waals surface area contributed by atoms with Gasteiger partial charge in [-0.3, -0.25) is 4.79 Å². The van der Waals surface area contributed by atoms with E-state index in [0.717, 1.165) is 21.7 Å². The minimum Gasteiger partial charge on any atom is -0.507 e. The number of thioether (sulfide) groups is 1. The Morgan fingerprint density at radius 2 is 1.64 bits per heavy atom. The van der Waals surface area contributed by atoms with Gasteiger partial charge in [0.15, 0.2) is 0 Å². The number of nitrogens with zero attached hydrogens (tertiary/aromatic N) is 1. The number of carbonyl (C=O) groups excluding carboxylic acids is 1. The molecule has 2 rings (SSSR count). The molecule has 0 radical (unpaired) electrons. The fourth-order valence-corrected chi connectivity index (χ4v) is 4.12. The Labute approximate surface area is 155 Å². The number of nitrogens with two attached hydrogens (primary N) is 1. The van der Waals surface area contributed by atoms with Crippen molar-refractivity contribution in [2.75, 3.05) is 13.1 Å². The van der Waals surface area contributed by atoms with Crippen LogP contribution in [0.3, 0.4) is 0 Å². The molecule has 25 heavy (non-hydrogen) atoms. The predicted molar refractivity (Wildman–Crippen MR) is 106 cm³/mol. The molecule has 1 aromatic carbocycles. The van der Waals surface area contributed by atoms with Crippen LogP contribution in [-0.2, 0) is 15.6 Å². The van der Waals surface area contributed by atoms with Gasteiger partial charge < -0.3 is 15.7 Å². The molecule has 3 N–H and O–H groups in total. The molecular weight excluding hydrogens is 332 g/mol. The van der Waals surface area contributed by atoms with Crippen molar-refractivity contribution < 1.29 is 9.90 Å². The molecule has 0 aromatic heterocycles. The van der Waals surface area contributed by atoms with Gasteiger partial charge in [0.25, 0.3) is 0 Å². The summed E-state index contributed by atoms with van der Waals surface area (Å²) < 4.78 is 0. The van der Waals surface area contributed by atoms with Crippen LogP contribution in [0, 0.1) is 0 Å². The Morgan fingerprint density at radius 3 is 2.04 bits per heavy atom. The monoisotopic (exact) mass is 362 g/mol. The molecule has 1 unspecified atom stereocenters. The zero-order valence-corrected chi connectivity index (χ0v) is 17.0. The maximum atomic E-state index is 12.8. The molecule has 0 aliphatic carbocycles. The maximum Gasteiger partial charge on any atom is 0.245 e. The predicted octanol–water partition coefficient (Wildman–Crippen LogP) is 4.03. The van der Waals surface area contributed by atoms with E-state index in [1.165, 1.54) is 11.8 Å². The Bertz CT molecular complexity index is 664. The van der Waals surface area contributed by atoms with Gasteiger partial charge in [0.05, 0.1) is 5.03 Å². The van der Waals surface area contributed by atoms with E-state index >= 15 is 0 Å². The fourth-order valence-electron chi connectivity index (χ4n) is 3.04. The summed E-state index contributed by atoms with van der Waals surface area (Å²) in [5.74, 6) is 0.350. The molecule has 1 atom stereocenters. The summed E-state index contributed by atoms with van der Waals surface area (Å²) in [6, 6.07) is 3.94. The standard InChI is InChI=1S/C20H30N2O2S/c1-12-22(9-8-21)18(24)17(25-12)13-10-14(19(2,3)4)16(23)15(11-13)20(5,6)7/h10-11,17,23H,1,8-9,21H2,2-7H3. The maximum absolute atomic E-state index is 12.8. The average Bonchev–Trinajstić information content (AvgIpc) is 2.73. The number of hydrogen-bond donors (Lipinski definition) is 2. The molecule has 4 nitrogen and oxygen atoms in total. The summed E-state index contributed by atoms with van der Waals surface area (Å²) in [6.07, 6.45) is 0. The van der Waals surface area contributed by atoms with Gasteiger partial charge in [0.1, 0.15) is 11.0 Å². The molecule has 0 saturated carbocycles. The highest BCUT2D eigenvalue weighted by Gasteiger charge is 2.38. The van der Waals surface area contributed by atoms with Crippen LogP contribution in [0.25, 0.3) is 0 Å². The van der Waals surface area contributed by atoms with E-state index in [0.29, 0.717) is 18.8 Å². The van der Waals surface area contributed by atoms with Crippen molar-refractivity contribution in [1.29, 1.82) is 0 Å². The number of hydrogen-bond acceptors (Lipinski definition) is 4. The average molecular weight is 363 g/mol. The minimum absolute atomic E-state index is 0.0193. The SMILES string of the molecule is C=C1SC(c2cc(C(C)(C)C)c(O)c(C(C)(C)C)c2)C(=O)N1CCN. The normalized spacial score (nSPS) is 19.0. The largest absolute Gasteiger partial charge is 0.507 e. The van der Waals surface area contributed by atoms with E-state index < -0.39 is 0 Å². The number of amides is 1. The van der Waals surface area contributed by atoms with Gasteiger partial charge in [0.2, 0.25) is 5.91 Å². The van der Waals surface area contributed by atoms with Crippen molar-refractivity contribution in [3.63, 3.8) is 0 Å². The number of benzene rings is 1. The smallest absolute Gasteiger partial charge is 0.245 e. The van der Waals surface area contributed by atoms with Gasteiger partial charge in [-0.2, -0.15) is 0 Å². The summed E-state index contributed by atoms with van der Waals surface area (Å²) in [4.78, 5) is 14.5. The van der Waals surface area contributed by atoms with Gasteiger partial charge in [-0.25, -0.2) is 0 Å². The lowest BCUT2D eigenvalue weighted by Gasteiger charge is -2.29. The van der Waals surface area contributed by atoms with Gasteiger partial charge in [0, 0.05) is 13.1 Å². The van der Waals surface area contributed by atoms with Crippen molar-refractivity contribution in [2.45, 2.75) is 57.6 Å². The van der Waals surface area contributed by atoms with E-state index in [9.17, 15) is 9.90 Å². The number of rotatable bonds is 3. The molecule has 138 valence electrons.